The number of hydrogen-bond acceptors (Lipinski definition) is 3. The molecule has 0 saturated heterocycles. The number of para-hydroxylation sites is 2. The molecule has 10 aromatic rings. The van der Waals surface area contributed by atoms with Crippen LogP contribution in [-0.2, 0) is 0 Å². The monoisotopic (exact) mass is 614 g/mol. The van der Waals surface area contributed by atoms with Crippen LogP contribution < -0.4 is 0 Å². The second kappa shape index (κ2) is 10.3. The lowest BCUT2D eigenvalue weighted by Gasteiger charge is -2.15. The molecule has 0 atom stereocenters. The Bertz CT molecular complexity index is 2830. The van der Waals surface area contributed by atoms with Gasteiger partial charge in [-0.2, -0.15) is 0 Å². The van der Waals surface area contributed by atoms with Crippen LogP contribution in [0.4, 0.5) is 0 Å². The van der Waals surface area contributed by atoms with Crippen LogP contribution in [0.15, 0.2) is 158 Å². The first-order valence-electron chi connectivity index (χ1n) is 15.9. The predicted molar refractivity (Wildman–Crippen MR) is 201 cm³/mol. The number of aromatic nitrogens is 2. The fraction of sp³-hybridized carbons (Fsp3) is 0. The van der Waals surface area contributed by atoms with Crippen LogP contribution in [0.3, 0.4) is 0 Å². The summed E-state index contributed by atoms with van der Waals surface area (Å²) in [4.78, 5) is 10.6. The Hall–Kier alpha value is -5.90. The van der Waals surface area contributed by atoms with E-state index in [0.29, 0.717) is 0 Å². The molecule has 0 aliphatic heterocycles. The zero-order valence-corrected chi connectivity index (χ0v) is 26.1. The summed E-state index contributed by atoms with van der Waals surface area (Å²) >= 11 is 1.88. The molecule has 3 heteroatoms. The van der Waals surface area contributed by atoms with Crippen molar-refractivity contribution in [3.63, 3.8) is 0 Å². The maximum atomic E-state index is 5.36. The van der Waals surface area contributed by atoms with E-state index in [4.69, 9.17) is 9.97 Å². The molecule has 0 fully saturated rings. The lowest BCUT2D eigenvalue weighted by atomic mass is 9.92. The van der Waals surface area contributed by atoms with Gasteiger partial charge in [-0.3, -0.25) is 0 Å². The highest BCUT2D eigenvalue weighted by Gasteiger charge is 2.19. The molecule has 0 aliphatic carbocycles. The quantitative estimate of drug-likeness (QED) is 0.185. The van der Waals surface area contributed by atoms with E-state index < -0.39 is 0 Å². The Kier molecular flexibility index (Phi) is 5.78. The summed E-state index contributed by atoms with van der Waals surface area (Å²) < 4.78 is 2.62. The van der Waals surface area contributed by atoms with Gasteiger partial charge in [0.1, 0.15) is 0 Å². The first-order valence-corrected chi connectivity index (χ1v) is 16.7. The van der Waals surface area contributed by atoms with E-state index >= 15 is 0 Å². The van der Waals surface area contributed by atoms with Crippen LogP contribution in [0.5, 0.6) is 0 Å². The van der Waals surface area contributed by atoms with Crippen LogP contribution in [0.1, 0.15) is 0 Å². The van der Waals surface area contributed by atoms with Crippen LogP contribution >= 0.6 is 11.3 Å². The average molecular weight is 615 g/mol. The number of benzene rings is 8. The summed E-state index contributed by atoms with van der Waals surface area (Å²) in [6.45, 7) is 0. The third-order valence-corrected chi connectivity index (χ3v) is 10.6. The van der Waals surface area contributed by atoms with Crippen LogP contribution in [-0.4, -0.2) is 9.97 Å². The van der Waals surface area contributed by atoms with Crippen molar-refractivity contribution >= 4 is 74.9 Å². The number of nitrogens with zero attached hydrogens (tertiary/aromatic N) is 2. The normalized spacial score (nSPS) is 11.8. The van der Waals surface area contributed by atoms with Crippen molar-refractivity contribution in [2.24, 2.45) is 0 Å². The van der Waals surface area contributed by atoms with Crippen molar-refractivity contribution in [1.82, 2.24) is 9.97 Å². The van der Waals surface area contributed by atoms with E-state index in [-0.39, 0.29) is 0 Å². The number of rotatable bonds is 3. The van der Waals surface area contributed by atoms with Crippen LogP contribution in [0.2, 0.25) is 0 Å². The molecule has 10 rings (SSSR count). The molecule has 0 radical (unpaired) electrons. The van der Waals surface area contributed by atoms with Gasteiger partial charge in [-0.15, -0.1) is 11.3 Å². The van der Waals surface area contributed by atoms with Gasteiger partial charge in [0.15, 0.2) is 0 Å². The Balaban J connectivity index is 1.28. The van der Waals surface area contributed by atoms with Crippen molar-refractivity contribution in [3.05, 3.63) is 158 Å². The lowest BCUT2D eigenvalue weighted by Crippen LogP contribution is -1.97. The third-order valence-electron chi connectivity index (χ3n) is 9.43. The SMILES string of the molecule is c1ccc(-c2ccc(-c3nc4ccccc4nc3-c3cc4ccccc4c4cc5c(cc34)sc3c4ccccc4ccc53)cc2)cc1. The van der Waals surface area contributed by atoms with E-state index in [0.717, 1.165) is 33.5 Å². The second-order valence-electron chi connectivity index (χ2n) is 12.2. The summed E-state index contributed by atoms with van der Waals surface area (Å²) in [6.07, 6.45) is 0. The van der Waals surface area contributed by atoms with Gasteiger partial charge in [0, 0.05) is 31.3 Å². The molecule has 0 spiro atoms. The largest absolute Gasteiger partial charge is 0.244 e. The first kappa shape index (κ1) is 26.3. The van der Waals surface area contributed by atoms with Crippen molar-refractivity contribution in [1.29, 1.82) is 0 Å². The Morgan fingerprint density at radius 1 is 0.362 bits per heavy atom. The summed E-state index contributed by atoms with van der Waals surface area (Å²) in [5.41, 5.74) is 8.10. The molecule has 2 nitrogen and oxygen atoms in total. The molecule has 2 heterocycles. The van der Waals surface area contributed by atoms with Crippen LogP contribution in [0, 0.1) is 0 Å². The zero-order chi connectivity index (χ0) is 30.9. The predicted octanol–water partition coefficient (Wildman–Crippen LogP) is 12.5. The van der Waals surface area contributed by atoms with Crippen molar-refractivity contribution in [2.75, 3.05) is 0 Å². The standard InChI is InChI=1S/C44H26N2S/c1-2-10-27(11-3-1)28-18-20-30(21-19-28)42-43(46-40-17-9-8-16-39(40)45-42)38-24-31-13-5-6-14-32(31)35-25-37-34-23-22-29-12-4-7-15-33(29)44(34)47-41(37)26-36(35)38/h1-26H. The molecule has 0 bridgehead atoms. The van der Waals surface area contributed by atoms with Gasteiger partial charge < -0.3 is 0 Å². The van der Waals surface area contributed by atoms with E-state index in [2.05, 4.69) is 146 Å². The van der Waals surface area contributed by atoms with Gasteiger partial charge in [0.25, 0.3) is 0 Å². The van der Waals surface area contributed by atoms with Gasteiger partial charge >= 0.3 is 0 Å². The molecular formula is C44H26N2S. The third kappa shape index (κ3) is 4.17. The molecular weight excluding hydrogens is 589 g/mol. The summed E-state index contributed by atoms with van der Waals surface area (Å²) in [7, 11) is 0. The number of fused-ring (bicyclic) bond motifs is 9. The lowest BCUT2D eigenvalue weighted by molar-refractivity contribution is 1.30. The Morgan fingerprint density at radius 3 is 1.81 bits per heavy atom. The highest BCUT2D eigenvalue weighted by Crippen LogP contribution is 2.45. The van der Waals surface area contributed by atoms with Gasteiger partial charge in [0.2, 0.25) is 0 Å². The molecule has 0 aliphatic rings. The first-order chi connectivity index (χ1) is 23.3. The molecule has 218 valence electrons. The zero-order valence-electron chi connectivity index (χ0n) is 25.3. The molecule has 47 heavy (non-hydrogen) atoms. The minimum absolute atomic E-state index is 0.891. The summed E-state index contributed by atoms with van der Waals surface area (Å²) in [5, 5.41) is 10.1. The second-order valence-corrected chi connectivity index (χ2v) is 13.2. The fourth-order valence-corrected chi connectivity index (χ4v) is 8.39. The topological polar surface area (TPSA) is 25.8 Å². The minimum Gasteiger partial charge on any atom is -0.244 e. The molecule has 0 N–H and O–H groups in total. The molecule has 8 aromatic carbocycles. The fourth-order valence-electron chi connectivity index (χ4n) is 7.13. The van der Waals surface area contributed by atoms with Gasteiger partial charge in [0.05, 0.1) is 22.4 Å². The smallest absolute Gasteiger partial charge is 0.0979 e. The minimum atomic E-state index is 0.891. The van der Waals surface area contributed by atoms with Gasteiger partial charge in [-0.1, -0.05) is 127 Å². The molecule has 0 amide bonds. The number of hydrogen-bond donors (Lipinski definition) is 0. The van der Waals surface area contributed by atoms with E-state index in [1.165, 1.54) is 63.6 Å². The molecule has 2 aromatic heterocycles. The molecule has 0 unspecified atom stereocenters. The average Bonchev–Trinajstić information content (AvgIpc) is 3.52. The van der Waals surface area contributed by atoms with Crippen molar-refractivity contribution in [3.8, 4) is 33.6 Å². The van der Waals surface area contributed by atoms with Gasteiger partial charge in [-0.05, 0) is 73.8 Å². The van der Waals surface area contributed by atoms with E-state index in [1.54, 1.807) is 0 Å². The highest BCUT2D eigenvalue weighted by molar-refractivity contribution is 7.26. The maximum Gasteiger partial charge on any atom is 0.0979 e. The van der Waals surface area contributed by atoms with Crippen molar-refractivity contribution in [2.45, 2.75) is 0 Å². The number of thiophene rings is 1. The van der Waals surface area contributed by atoms with Crippen LogP contribution in [0.25, 0.3) is 97.2 Å². The van der Waals surface area contributed by atoms with Crippen molar-refractivity contribution < 1.29 is 0 Å². The van der Waals surface area contributed by atoms with E-state index in [1.807, 2.05) is 23.5 Å². The summed E-state index contributed by atoms with van der Waals surface area (Å²) in [5.74, 6) is 0. The highest BCUT2D eigenvalue weighted by atomic mass is 32.1. The van der Waals surface area contributed by atoms with Gasteiger partial charge in [-0.25, -0.2) is 9.97 Å². The van der Waals surface area contributed by atoms with E-state index in [9.17, 15) is 0 Å². The Labute approximate surface area is 275 Å². The maximum absolute atomic E-state index is 5.36. The Morgan fingerprint density at radius 2 is 1.00 bits per heavy atom. The summed E-state index contributed by atoms with van der Waals surface area (Å²) in [6, 6.07) is 56.5. The molecule has 0 saturated carbocycles.